The number of carbonyl (C=O) groups is 1. The van der Waals surface area contributed by atoms with Crippen molar-refractivity contribution in [3.8, 4) is 0 Å². The number of hydrogen-bond donors (Lipinski definition) is 3. The Morgan fingerprint density at radius 2 is 2.29 bits per heavy atom. The van der Waals surface area contributed by atoms with Crippen LogP contribution in [0.25, 0.3) is 0 Å². The number of amides is 1. The lowest BCUT2D eigenvalue weighted by atomic mass is 10.0. The van der Waals surface area contributed by atoms with Gasteiger partial charge in [-0.3, -0.25) is 4.79 Å². The van der Waals surface area contributed by atoms with Crippen molar-refractivity contribution < 1.29 is 9.90 Å². The average Bonchev–Trinajstić information content (AvgIpc) is 2.77. The van der Waals surface area contributed by atoms with Gasteiger partial charge in [0.15, 0.2) is 0 Å². The molecule has 0 saturated heterocycles. The summed E-state index contributed by atoms with van der Waals surface area (Å²) in [6, 6.07) is 1.35. The zero-order valence-electron chi connectivity index (χ0n) is 10.2. The monoisotopic (exact) mass is 256 g/mol. The van der Waals surface area contributed by atoms with Gasteiger partial charge in [0.1, 0.15) is 0 Å². The van der Waals surface area contributed by atoms with E-state index in [1.807, 2.05) is 30.7 Å². The number of rotatable bonds is 6. The molecule has 0 saturated carbocycles. The lowest BCUT2D eigenvalue weighted by Crippen LogP contribution is -2.42. The van der Waals surface area contributed by atoms with Crippen molar-refractivity contribution in [1.29, 1.82) is 0 Å². The van der Waals surface area contributed by atoms with Crippen LogP contribution in [-0.4, -0.2) is 23.6 Å². The first-order valence-electron chi connectivity index (χ1n) is 5.74. The second-order valence-electron chi connectivity index (χ2n) is 4.55. The molecule has 4 N–H and O–H groups in total. The van der Waals surface area contributed by atoms with Gasteiger partial charge in [-0.05, 0) is 34.7 Å². The quantitative estimate of drug-likeness (QED) is 0.717. The number of carbonyl (C=O) groups excluding carboxylic acids is 1. The predicted octanol–water partition coefficient (Wildman–Crippen LogP) is 1.27. The first-order chi connectivity index (χ1) is 8.00. The van der Waals surface area contributed by atoms with Crippen LogP contribution >= 0.6 is 11.3 Å². The van der Waals surface area contributed by atoms with Crippen molar-refractivity contribution in [2.75, 3.05) is 6.54 Å². The van der Waals surface area contributed by atoms with Crippen molar-refractivity contribution in [2.24, 2.45) is 11.7 Å². The van der Waals surface area contributed by atoms with Gasteiger partial charge in [0, 0.05) is 6.54 Å². The molecule has 4 nitrogen and oxygen atoms in total. The van der Waals surface area contributed by atoms with Crippen LogP contribution in [0.3, 0.4) is 0 Å². The second-order valence-corrected chi connectivity index (χ2v) is 5.33. The number of nitrogens with two attached hydrogens (primary N) is 1. The zero-order valence-corrected chi connectivity index (χ0v) is 11.0. The van der Waals surface area contributed by atoms with Crippen LogP contribution < -0.4 is 11.1 Å². The smallest absolute Gasteiger partial charge is 0.237 e. The topological polar surface area (TPSA) is 75.4 Å². The Morgan fingerprint density at radius 3 is 2.82 bits per heavy atom. The Labute approximate surface area is 106 Å². The Balaban J connectivity index is 2.33. The molecule has 0 spiro atoms. The molecule has 96 valence electrons. The number of aliphatic hydroxyl groups excluding tert-OH is 1. The fourth-order valence-electron chi connectivity index (χ4n) is 1.53. The van der Waals surface area contributed by atoms with Crippen molar-refractivity contribution in [2.45, 2.75) is 32.4 Å². The Hall–Kier alpha value is -0.910. The minimum Gasteiger partial charge on any atom is -0.387 e. The van der Waals surface area contributed by atoms with E-state index in [0.29, 0.717) is 12.3 Å². The van der Waals surface area contributed by atoms with Crippen molar-refractivity contribution in [3.05, 3.63) is 22.4 Å². The van der Waals surface area contributed by atoms with E-state index in [-0.39, 0.29) is 12.5 Å². The minimum atomic E-state index is -0.656. The predicted molar refractivity (Wildman–Crippen MR) is 69.7 cm³/mol. The van der Waals surface area contributed by atoms with Crippen LogP contribution in [0.4, 0.5) is 0 Å². The van der Waals surface area contributed by atoms with Gasteiger partial charge in [0.05, 0.1) is 12.1 Å². The Morgan fingerprint density at radius 1 is 1.59 bits per heavy atom. The number of nitrogens with one attached hydrogen (secondary N) is 1. The molecule has 1 rings (SSSR count). The van der Waals surface area contributed by atoms with Crippen molar-refractivity contribution >= 4 is 17.2 Å². The summed E-state index contributed by atoms with van der Waals surface area (Å²) in [5.41, 5.74) is 6.56. The SMILES string of the molecule is CC(C)C[C@H](N)C(=O)NCC(O)c1ccsc1. The molecule has 0 aliphatic carbocycles. The fourth-order valence-corrected chi connectivity index (χ4v) is 2.23. The summed E-state index contributed by atoms with van der Waals surface area (Å²) in [6.07, 6.45) is -0.00291. The Kier molecular flexibility index (Phi) is 5.61. The molecular formula is C12H20N2O2S. The standard InChI is InChI=1S/C12H20N2O2S/c1-8(2)5-10(13)12(16)14-6-11(15)9-3-4-17-7-9/h3-4,7-8,10-11,15H,5-6,13H2,1-2H3,(H,14,16)/t10-,11?/m0/s1. The highest BCUT2D eigenvalue weighted by Gasteiger charge is 2.16. The highest BCUT2D eigenvalue weighted by Crippen LogP contribution is 2.15. The summed E-state index contributed by atoms with van der Waals surface area (Å²) in [6.45, 7) is 4.25. The number of aliphatic hydroxyl groups is 1. The molecule has 1 aromatic heterocycles. The van der Waals surface area contributed by atoms with E-state index in [1.165, 1.54) is 11.3 Å². The molecule has 0 bridgehead atoms. The molecule has 0 fully saturated rings. The van der Waals surface area contributed by atoms with Crippen molar-refractivity contribution in [1.82, 2.24) is 5.32 Å². The van der Waals surface area contributed by atoms with Crippen LogP contribution in [0.5, 0.6) is 0 Å². The lowest BCUT2D eigenvalue weighted by Gasteiger charge is -2.16. The molecule has 0 aromatic carbocycles. The summed E-state index contributed by atoms with van der Waals surface area (Å²) >= 11 is 1.52. The first-order valence-corrected chi connectivity index (χ1v) is 6.68. The van der Waals surface area contributed by atoms with Gasteiger partial charge in [-0.25, -0.2) is 0 Å². The highest BCUT2D eigenvalue weighted by atomic mass is 32.1. The maximum absolute atomic E-state index is 11.6. The molecule has 1 unspecified atom stereocenters. The maximum atomic E-state index is 11.6. The van der Waals surface area contributed by atoms with Crippen LogP contribution in [0.2, 0.25) is 0 Å². The molecule has 5 heteroatoms. The lowest BCUT2D eigenvalue weighted by molar-refractivity contribution is -0.123. The van der Waals surface area contributed by atoms with E-state index in [1.54, 1.807) is 0 Å². The summed E-state index contributed by atoms with van der Waals surface area (Å²) < 4.78 is 0. The van der Waals surface area contributed by atoms with E-state index in [2.05, 4.69) is 5.32 Å². The summed E-state index contributed by atoms with van der Waals surface area (Å²) in [7, 11) is 0. The molecule has 1 amide bonds. The van der Waals surface area contributed by atoms with Gasteiger partial charge in [-0.1, -0.05) is 13.8 Å². The van der Waals surface area contributed by atoms with Gasteiger partial charge >= 0.3 is 0 Å². The molecule has 17 heavy (non-hydrogen) atoms. The third-order valence-electron chi connectivity index (χ3n) is 2.46. The molecular weight excluding hydrogens is 236 g/mol. The van der Waals surface area contributed by atoms with Gasteiger partial charge in [-0.15, -0.1) is 0 Å². The van der Waals surface area contributed by atoms with Gasteiger partial charge in [0.2, 0.25) is 5.91 Å². The van der Waals surface area contributed by atoms with Crippen molar-refractivity contribution in [3.63, 3.8) is 0 Å². The van der Waals surface area contributed by atoms with Crippen LogP contribution in [-0.2, 0) is 4.79 Å². The number of thiophene rings is 1. The van der Waals surface area contributed by atoms with E-state index in [9.17, 15) is 9.90 Å². The molecule has 0 radical (unpaired) electrons. The van der Waals surface area contributed by atoms with Gasteiger partial charge < -0.3 is 16.2 Å². The van der Waals surface area contributed by atoms with Crippen LogP contribution in [0.1, 0.15) is 31.9 Å². The van der Waals surface area contributed by atoms with Crippen LogP contribution in [0, 0.1) is 5.92 Å². The summed E-state index contributed by atoms with van der Waals surface area (Å²) in [4.78, 5) is 11.6. The van der Waals surface area contributed by atoms with E-state index in [0.717, 1.165) is 5.56 Å². The molecule has 2 atom stereocenters. The zero-order chi connectivity index (χ0) is 12.8. The van der Waals surface area contributed by atoms with Gasteiger partial charge in [-0.2, -0.15) is 11.3 Å². The highest BCUT2D eigenvalue weighted by molar-refractivity contribution is 7.07. The molecule has 1 heterocycles. The fraction of sp³-hybridized carbons (Fsp3) is 0.583. The largest absolute Gasteiger partial charge is 0.387 e. The van der Waals surface area contributed by atoms with E-state index < -0.39 is 12.1 Å². The van der Waals surface area contributed by atoms with Gasteiger partial charge in [0.25, 0.3) is 0 Å². The second kappa shape index (κ2) is 6.74. The first kappa shape index (κ1) is 14.2. The minimum absolute atomic E-state index is 0.201. The van der Waals surface area contributed by atoms with E-state index in [4.69, 9.17) is 5.73 Å². The Bertz CT molecular complexity index is 338. The normalized spacial score (nSPS) is 14.6. The third kappa shape index (κ3) is 4.85. The molecule has 0 aliphatic heterocycles. The van der Waals surface area contributed by atoms with Crippen LogP contribution in [0.15, 0.2) is 16.8 Å². The maximum Gasteiger partial charge on any atom is 0.237 e. The molecule has 0 aliphatic rings. The molecule has 1 aromatic rings. The third-order valence-corrected chi connectivity index (χ3v) is 3.16. The number of hydrogen-bond acceptors (Lipinski definition) is 4. The average molecular weight is 256 g/mol. The summed E-state index contributed by atoms with van der Waals surface area (Å²) in [5, 5.41) is 16.2. The summed E-state index contributed by atoms with van der Waals surface area (Å²) in [5.74, 6) is 0.186. The van der Waals surface area contributed by atoms with E-state index >= 15 is 0 Å².